The molecule has 2 rings (SSSR count). The van der Waals surface area contributed by atoms with Crippen LogP contribution < -0.4 is 15.4 Å². The van der Waals surface area contributed by atoms with E-state index >= 15 is 0 Å². The molecule has 0 atom stereocenters. The normalized spacial score (nSPS) is 12.7. The number of carbonyl (C=O) groups excluding carboxylic acids is 1. The molecule has 0 radical (unpaired) electrons. The Morgan fingerprint density at radius 2 is 2.39 bits per heavy atom. The van der Waals surface area contributed by atoms with Gasteiger partial charge in [0.05, 0.1) is 13.2 Å². The number of fused-ring (bicyclic) bond motifs is 1. The maximum absolute atomic E-state index is 11.6. The van der Waals surface area contributed by atoms with Crippen LogP contribution in [0.2, 0.25) is 0 Å². The quantitative estimate of drug-likeness (QED) is 0.783. The smallest absolute Gasteiger partial charge is 0.319 e. The third-order valence-electron chi connectivity index (χ3n) is 2.68. The summed E-state index contributed by atoms with van der Waals surface area (Å²) in [5, 5.41) is 5.51. The molecule has 0 bridgehead atoms. The molecule has 0 unspecified atom stereocenters. The second kappa shape index (κ2) is 6.26. The predicted octanol–water partition coefficient (Wildman–Crippen LogP) is 1.78. The first kappa shape index (κ1) is 12.7. The van der Waals surface area contributed by atoms with Crippen LogP contribution in [0.25, 0.3) is 0 Å². The van der Waals surface area contributed by atoms with Gasteiger partial charge in [-0.25, -0.2) is 4.79 Å². The summed E-state index contributed by atoms with van der Waals surface area (Å²) in [6.07, 6.45) is 0.900. The van der Waals surface area contributed by atoms with Crippen LogP contribution in [0, 0.1) is 0 Å². The number of ether oxygens (including phenoxy) is 2. The number of carbonyl (C=O) groups is 1. The highest BCUT2D eigenvalue weighted by molar-refractivity contribution is 5.89. The highest BCUT2D eigenvalue weighted by Gasteiger charge is 2.12. The molecule has 0 spiro atoms. The van der Waals surface area contributed by atoms with Crippen LogP contribution in [0.1, 0.15) is 12.5 Å². The average molecular weight is 250 g/mol. The van der Waals surface area contributed by atoms with Gasteiger partial charge in [-0.05, 0) is 30.7 Å². The van der Waals surface area contributed by atoms with Crippen LogP contribution in [-0.2, 0) is 11.2 Å². The van der Waals surface area contributed by atoms with E-state index in [1.165, 1.54) is 0 Å². The summed E-state index contributed by atoms with van der Waals surface area (Å²) < 4.78 is 10.5. The van der Waals surface area contributed by atoms with Crippen molar-refractivity contribution in [2.75, 3.05) is 31.7 Å². The molecule has 0 aromatic heterocycles. The SMILES string of the molecule is CCOCCNC(=O)Nc1ccc2c(c1)CCO2. The Morgan fingerprint density at radius 3 is 3.22 bits per heavy atom. The maximum Gasteiger partial charge on any atom is 0.319 e. The number of hydrogen-bond acceptors (Lipinski definition) is 3. The van der Waals surface area contributed by atoms with Gasteiger partial charge in [0.1, 0.15) is 5.75 Å². The van der Waals surface area contributed by atoms with Gasteiger partial charge in [-0.1, -0.05) is 0 Å². The number of hydrogen-bond donors (Lipinski definition) is 2. The maximum atomic E-state index is 11.6. The molecule has 1 aromatic carbocycles. The number of amides is 2. The van der Waals surface area contributed by atoms with Crippen molar-refractivity contribution in [2.45, 2.75) is 13.3 Å². The summed E-state index contributed by atoms with van der Waals surface area (Å²) in [4.78, 5) is 11.6. The van der Waals surface area contributed by atoms with E-state index in [0.717, 1.165) is 30.0 Å². The zero-order chi connectivity index (χ0) is 12.8. The molecule has 18 heavy (non-hydrogen) atoms. The van der Waals surface area contributed by atoms with Crippen LogP contribution in [-0.4, -0.2) is 32.4 Å². The second-order valence-electron chi connectivity index (χ2n) is 4.00. The molecule has 1 aromatic rings. The summed E-state index contributed by atoms with van der Waals surface area (Å²) in [6.45, 7) is 4.34. The van der Waals surface area contributed by atoms with Crippen molar-refractivity contribution in [1.82, 2.24) is 5.32 Å². The fourth-order valence-corrected chi connectivity index (χ4v) is 1.82. The topological polar surface area (TPSA) is 59.6 Å². The van der Waals surface area contributed by atoms with E-state index < -0.39 is 0 Å². The third-order valence-corrected chi connectivity index (χ3v) is 2.68. The summed E-state index contributed by atoms with van der Waals surface area (Å²) in [5.74, 6) is 0.914. The third kappa shape index (κ3) is 3.37. The molecule has 2 amide bonds. The Kier molecular flexibility index (Phi) is 4.41. The fraction of sp³-hybridized carbons (Fsp3) is 0.462. The molecule has 5 heteroatoms. The lowest BCUT2D eigenvalue weighted by Gasteiger charge is -2.08. The van der Waals surface area contributed by atoms with E-state index in [1.54, 1.807) is 0 Å². The minimum Gasteiger partial charge on any atom is -0.493 e. The van der Waals surface area contributed by atoms with Crippen LogP contribution in [0.4, 0.5) is 10.5 Å². The van der Waals surface area contributed by atoms with Gasteiger partial charge < -0.3 is 20.1 Å². The highest BCUT2D eigenvalue weighted by Crippen LogP contribution is 2.27. The number of rotatable bonds is 5. The monoisotopic (exact) mass is 250 g/mol. The van der Waals surface area contributed by atoms with E-state index in [2.05, 4.69) is 10.6 Å². The molecular formula is C13H18N2O3. The molecular weight excluding hydrogens is 232 g/mol. The summed E-state index contributed by atoms with van der Waals surface area (Å²) in [5.41, 5.74) is 1.93. The van der Waals surface area contributed by atoms with E-state index in [1.807, 2.05) is 25.1 Å². The van der Waals surface area contributed by atoms with Crippen molar-refractivity contribution in [3.63, 3.8) is 0 Å². The summed E-state index contributed by atoms with van der Waals surface area (Å²) in [7, 11) is 0. The van der Waals surface area contributed by atoms with Crippen molar-refractivity contribution in [3.05, 3.63) is 23.8 Å². The Hall–Kier alpha value is -1.75. The average Bonchev–Trinajstić information content (AvgIpc) is 2.82. The van der Waals surface area contributed by atoms with Crippen molar-refractivity contribution < 1.29 is 14.3 Å². The van der Waals surface area contributed by atoms with E-state index in [-0.39, 0.29) is 6.03 Å². The molecule has 0 saturated heterocycles. The van der Waals surface area contributed by atoms with Crippen molar-refractivity contribution in [1.29, 1.82) is 0 Å². The van der Waals surface area contributed by atoms with Gasteiger partial charge in [0.15, 0.2) is 0 Å². The van der Waals surface area contributed by atoms with Gasteiger partial charge in [-0.3, -0.25) is 0 Å². The predicted molar refractivity (Wildman–Crippen MR) is 69.2 cm³/mol. The highest BCUT2D eigenvalue weighted by atomic mass is 16.5. The fourth-order valence-electron chi connectivity index (χ4n) is 1.82. The molecule has 1 aliphatic heterocycles. The number of benzene rings is 1. The molecule has 1 heterocycles. The Balaban J connectivity index is 1.80. The molecule has 0 aliphatic carbocycles. The van der Waals surface area contributed by atoms with Gasteiger partial charge in [0.25, 0.3) is 0 Å². The van der Waals surface area contributed by atoms with Gasteiger partial charge in [0.2, 0.25) is 0 Å². The first-order chi connectivity index (χ1) is 8.79. The number of nitrogens with one attached hydrogen (secondary N) is 2. The lowest BCUT2D eigenvalue weighted by Crippen LogP contribution is -2.31. The molecule has 98 valence electrons. The van der Waals surface area contributed by atoms with Crippen LogP contribution in [0.3, 0.4) is 0 Å². The first-order valence-corrected chi connectivity index (χ1v) is 6.18. The molecule has 0 fully saturated rings. The minimum absolute atomic E-state index is 0.214. The first-order valence-electron chi connectivity index (χ1n) is 6.18. The van der Waals surface area contributed by atoms with Crippen LogP contribution >= 0.6 is 0 Å². The van der Waals surface area contributed by atoms with E-state index in [0.29, 0.717) is 19.8 Å². The van der Waals surface area contributed by atoms with Crippen LogP contribution in [0.5, 0.6) is 5.75 Å². The van der Waals surface area contributed by atoms with E-state index in [4.69, 9.17) is 9.47 Å². The second-order valence-corrected chi connectivity index (χ2v) is 4.00. The van der Waals surface area contributed by atoms with Crippen molar-refractivity contribution >= 4 is 11.7 Å². The van der Waals surface area contributed by atoms with Gasteiger partial charge >= 0.3 is 6.03 Å². The zero-order valence-corrected chi connectivity index (χ0v) is 10.5. The standard InChI is InChI=1S/C13H18N2O3/c1-2-17-8-6-14-13(16)15-11-3-4-12-10(9-11)5-7-18-12/h3-4,9H,2,5-8H2,1H3,(H2,14,15,16). The Labute approximate surface area is 106 Å². The van der Waals surface area contributed by atoms with Crippen LogP contribution in [0.15, 0.2) is 18.2 Å². The van der Waals surface area contributed by atoms with Gasteiger partial charge in [-0.15, -0.1) is 0 Å². The van der Waals surface area contributed by atoms with Crippen molar-refractivity contribution in [3.8, 4) is 5.75 Å². The van der Waals surface area contributed by atoms with Gasteiger partial charge in [-0.2, -0.15) is 0 Å². The molecule has 0 saturated carbocycles. The molecule has 5 nitrogen and oxygen atoms in total. The lowest BCUT2D eigenvalue weighted by atomic mass is 10.1. The van der Waals surface area contributed by atoms with E-state index in [9.17, 15) is 4.79 Å². The van der Waals surface area contributed by atoms with Gasteiger partial charge in [0, 0.05) is 25.3 Å². The zero-order valence-electron chi connectivity index (χ0n) is 10.5. The largest absolute Gasteiger partial charge is 0.493 e. The summed E-state index contributed by atoms with van der Waals surface area (Å²) >= 11 is 0. The summed E-state index contributed by atoms with van der Waals surface area (Å²) in [6, 6.07) is 5.46. The number of anilines is 1. The Bertz CT molecular complexity index is 421. The number of urea groups is 1. The molecule has 1 aliphatic rings. The molecule has 2 N–H and O–H groups in total. The minimum atomic E-state index is -0.214. The van der Waals surface area contributed by atoms with Crippen molar-refractivity contribution in [2.24, 2.45) is 0 Å². The Morgan fingerprint density at radius 1 is 1.50 bits per heavy atom. The lowest BCUT2D eigenvalue weighted by molar-refractivity contribution is 0.150.